The molecule has 0 amide bonds. The van der Waals surface area contributed by atoms with Crippen LogP contribution in [0.2, 0.25) is 0 Å². The lowest BCUT2D eigenvalue weighted by molar-refractivity contribution is 0.0697. The maximum absolute atomic E-state index is 11.2. The van der Waals surface area contributed by atoms with Crippen LogP contribution in [0.1, 0.15) is 10.4 Å². The van der Waals surface area contributed by atoms with E-state index in [0.717, 1.165) is 11.8 Å². The molecule has 0 bridgehead atoms. The monoisotopic (exact) mass is 295 g/mol. The molecule has 0 unspecified atom stereocenters. The summed E-state index contributed by atoms with van der Waals surface area (Å²) < 4.78 is 1.24. The number of nitrogen functional groups attached to an aromatic ring is 1. The van der Waals surface area contributed by atoms with Crippen LogP contribution in [0.5, 0.6) is 0 Å². The first-order chi connectivity index (χ1) is 9.38. The van der Waals surface area contributed by atoms with Crippen LogP contribution in [0.3, 0.4) is 0 Å². The Kier molecular flexibility index (Phi) is 3.57. The minimum absolute atomic E-state index is 0.0326. The van der Waals surface area contributed by atoms with Crippen molar-refractivity contribution < 1.29 is 9.90 Å². The van der Waals surface area contributed by atoms with Gasteiger partial charge in [-0.2, -0.15) is 4.98 Å². The van der Waals surface area contributed by atoms with Gasteiger partial charge in [0, 0.05) is 7.05 Å². The average Bonchev–Trinajstić information content (AvgIpc) is 2.37. The fourth-order valence-electron chi connectivity index (χ4n) is 1.33. The number of rotatable bonds is 3. The third kappa shape index (κ3) is 2.69. The van der Waals surface area contributed by atoms with E-state index in [-0.39, 0.29) is 21.4 Å². The minimum Gasteiger partial charge on any atom is -0.478 e. The van der Waals surface area contributed by atoms with Crippen LogP contribution in [0, 0.1) is 0 Å². The topological polar surface area (TPSA) is 144 Å². The molecule has 9 nitrogen and oxygen atoms in total. The van der Waals surface area contributed by atoms with Gasteiger partial charge in [0.15, 0.2) is 5.16 Å². The Labute approximate surface area is 115 Å². The summed E-state index contributed by atoms with van der Waals surface area (Å²) in [5.74, 6) is -1.19. The molecule has 10 heteroatoms. The first kappa shape index (κ1) is 13.8. The van der Waals surface area contributed by atoms with Gasteiger partial charge in [-0.3, -0.25) is 19.4 Å². The van der Waals surface area contributed by atoms with E-state index in [0.29, 0.717) is 0 Å². The van der Waals surface area contributed by atoms with Gasteiger partial charge in [-0.25, -0.2) is 9.78 Å². The summed E-state index contributed by atoms with van der Waals surface area (Å²) >= 11 is 0.929. The number of aromatic amines is 1. The molecular formula is C10H9N5O4S. The molecule has 0 aromatic carbocycles. The molecule has 104 valence electrons. The Balaban J connectivity index is 2.43. The number of nitrogens with zero attached hydrogens (tertiary/aromatic N) is 3. The molecule has 2 heterocycles. The van der Waals surface area contributed by atoms with Crippen LogP contribution >= 0.6 is 11.8 Å². The number of carbonyl (C=O) groups is 1. The highest BCUT2D eigenvalue weighted by Crippen LogP contribution is 2.24. The molecule has 0 saturated carbocycles. The number of aryl methyl sites for hydroxylation is 1. The van der Waals surface area contributed by atoms with Crippen molar-refractivity contribution in [3.8, 4) is 0 Å². The number of aromatic nitrogens is 4. The van der Waals surface area contributed by atoms with Crippen LogP contribution in [0.25, 0.3) is 0 Å². The van der Waals surface area contributed by atoms with E-state index in [1.54, 1.807) is 0 Å². The number of nitrogens with two attached hydrogens (primary N) is 1. The van der Waals surface area contributed by atoms with E-state index >= 15 is 0 Å². The number of carboxylic acids is 1. The number of carboxylic acid groups (broad SMARTS) is 1. The van der Waals surface area contributed by atoms with Gasteiger partial charge in [0.05, 0.1) is 17.4 Å². The van der Waals surface area contributed by atoms with Crippen LogP contribution in [0.15, 0.2) is 32.0 Å². The summed E-state index contributed by atoms with van der Waals surface area (Å²) in [6, 6.07) is 1.26. The second-order valence-electron chi connectivity index (χ2n) is 3.72. The third-order valence-corrected chi connectivity index (χ3v) is 3.26. The van der Waals surface area contributed by atoms with Gasteiger partial charge in [-0.05, 0) is 17.8 Å². The van der Waals surface area contributed by atoms with Gasteiger partial charge < -0.3 is 10.8 Å². The zero-order valence-corrected chi connectivity index (χ0v) is 11.0. The number of aromatic carboxylic acids is 1. The highest BCUT2D eigenvalue weighted by atomic mass is 32.2. The van der Waals surface area contributed by atoms with Crippen LogP contribution in [-0.4, -0.2) is 30.8 Å². The number of H-pyrrole nitrogens is 1. The summed E-state index contributed by atoms with van der Waals surface area (Å²) in [4.78, 5) is 40.7. The summed E-state index contributed by atoms with van der Waals surface area (Å²) in [5, 5.41) is 11.7. The lowest BCUT2D eigenvalue weighted by Crippen LogP contribution is -2.33. The predicted molar refractivity (Wildman–Crippen MR) is 69.8 cm³/mol. The van der Waals surface area contributed by atoms with Crippen molar-refractivity contribution >= 4 is 23.4 Å². The van der Waals surface area contributed by atoms with Crippen molar-refractivity contribution in [2.24, 2.45) is 7.05 Å². The smallest absolute Gasteiger partial charge is 0.339 e. The van der Waals surface area contributed by atoms with Gasteiger partial charge in [0.1, 0.15) is 5.03 Å². The van der Waals surface area contributed by atoms with Crippen molar-refractivity contribution in [3.63, 3.8) is 0 Å². The quantitative estimate of drug-likeness (QED) is 0.630. The van der Waals surface area contributed by atoms with Crippen molar-refractivity contribution in [1.82, 2.24) is 19.7 Å². The summed E-state index contributed by atoms with van der Waals surface area (Å²) in [6.45, 7) is 0. The lowest BCUT2D eigenvalue weighted by atomic mass is 10.2. The summed E-state index contributed by atoms with van der Waals surface area (Å²) in [6.07, 6.45) is 1.20. The molecule has 4 N–H and O–H groups in total. The largest absolute Gasteiger partial charge is 0.478 e. The van der Waals surface area contributed by atoms with E-state index in [4.69, 9.17) is 10.8 Å². The first-order valence-electron chi connectivity index (χ1n) is 5.22. The molecular weight excluding hydrogens is 286 g/mol. The van der Waals surface area contributed by atoms with E-state index in [1.807, 2.05) is 0 Å². The fraction of sp³-hybridized carbons (Fsp3) is 0.100. The molecule has 0 aliphatic heterocycles. The SMILES string of the molecule is Cn1[nH]c(=O)c(=O)nc1Sc1cc(C(=O)O)c(N)cn1. The highest BCUT2D eigenvalue weighted by Gasteiger charge is 2.12. The molecule has 0 saturated heterocycles. The van der Waals surface area contributed by atoms with Crippen LogP contribution in [0.4, 0.5) is 5.69 Å². The normalized spacial score (nSPS) is 10.4. The van der Waals surface area contributed by atoms with E-state index in [2.05, 4.69) is 15.1 Å². The Hall–Kier alpha value is -2.62. The highest BCUT2D eigenvalue weighted by molar-refractivity contribution is 7.99. The third-order valence-electron chi connectivity index (χ3n) is 2.28. The fourth-order valence-corrected chi connectivity index (χ4v) is 2.11. The zero-order valence-electron chi connectivity index (χ0n) is 10.2. The molecule has 0 aliphatic rings. The molecule has 0 aliphatic carbocycles. The Bertz CT molecular complexity index is 797. The summed E-state index contributed by atoms with van der Waals surface area (Å²) in [5.41, 5.74) is 3.65. The lowest BCUT2D eigenvalue weighted by Gasteiger charge is -2.06. The standard InChI is InChI=1S/C10H9N5O4S/c1-15-10(13-7(16)8(17)14-15)20-6-2-4(9(18)19)5(11)3-12-6/h2-3H,11H2,1H3,(H,14,17)(H,18,19). The Morgan fingerprint density at radius 3 is 2.85 bits per heavy atom. The maximum atomic E-state index is 11.2. The minimum atomic E-state index is -1.19. The van der Waals surface area contributed by atoms with Gasteiger partial charge in [0.25, 0.3) is 0 Å². The average molecular weight is 295 g/mol. The van der Waals surface area contributed by atoms with Crippen molar-refractivity contribution in [1.29, 1.82) is 0 Å². The van der Waals surface area contributed by atoms with E-state index in [1.165, 1.54) is 24.0 Å². The number of anilines is 1. The zero-order chi connectivity index (χ0) is 14.9. The van der Waals surface area contributed by atoms with Gasteiger partial charge in [0.2, 0.25) is 0 Å². The molecule has 2 rings (SSSR count). The predicted octanol–water partition coefficient (Wildman–Crippen LogP) is -0.705. The molecule has 2 aromatic heterocycles. The van der Waals surface area contributed by atoms with Gasteiger partial charge >= 0.3 is 17.1 Å². The van der Waals surface area contributed by atoms with Gasteiger partial charge in [-0.1, -0.05) is 0 Å². The van der Waals surface area contributed by atoms with Crippen molar-refractivity contribution in [2.75, 3.05) is 5.73 Å². The molecule has 2 aromatic rings. The molecule has 0 spiro atoms. The van der Waals surface area contributed by atoms with E-state index < -0.39 is 17.1 Å². The number of hydrogen-bond acceptors (Lipinski definition) is 7. The second-order valence-corrected chi connectivity index (χ2v) is 4.70. The maximum Gasteiger partial charge on any atom is 0.339 e. The van der Waals surface area contributed by atoms with Crippen LogP contribution in [-0.2, 0) is 7.05 Å². The molecule has 0 radical (unpaired) electrons. The van der Waals surface area contributed by atoms with E-state index in [9.17, 15) is 14.4 Å². The molecule has 20 heavy (non-hydrogen) atoms. The van der Waals surface area contributed by atoms with Crippen molar-refractivity contribution in [3.05, 3.63) is 38.5 Å². The number of hydrogen-bond donors (Lipinski definition) is 3. The second kappa shape index (κ2) is 5.17. The molecule has 0 fully saturated rings. The number of pyridine rings is 1. The first-order valence-corrected chi connectivity index (χ1v) is 6.04. The summed E-state index contributed by atoms with van der Waals surface area (Å²) in [7, 11) is 1.49. The number of nitrogens with one attached hydrogen (secondary N) is 1. The van der Waals surface area contributed by atoms with Gasteiger partial charge in [-0.15, -0.1) is 0 Å². The van der Waals surface area contributed by atoms with Crippen LogP contribution < -0.4 is 16.9 Å². The van der Waals surface area contributed by atoms with Crippen molar-refractivity contribution in [2.45, 2.75) is 10.2 Å². The molecule has 0 atom stereocenters. The Morgan fingerprint density at radius 2 is 2.20 bits per heavy atom. The Morgan fingerprint density at radius 1 is 1.50 bits per heavy atom.